The molecule has 3 aromatic carbocycles. The number of aromatic nitrogens is 1. The molecule has 34 heavy (non-hydrogen) atoms. The summed E-state index contributed by atoms with van der Waals surface area (Å²) in [5.74, 6) is 0.474. The SMILES string of the molecule is COc1ccccc1[C@@H]1CC(c2c(-c3ccccc3)c3cc(Br)ccc3[nH]c2=O)=NN1C(C)=O. The normalized spacial score (nSPS) is 15.4. The monoisotopic (exact) mass is 515 g/mol. The largest absolute Gasteiger partial charge is 0.496 e. The van der Waals surface area contributed by atoms with Crippen LogP contribution in [-0.4, -0.2) is 28.7 Å². The molecule has 1 aliphatic heterocycles. The Morgan fingerprint density at radius 2 is 1.79 bits per heavy atom. The molecule has 0 unspecified atom stereocenters. The van der Waals surface area contributed by atoms with Crippen molar-refractivity contribution in [3.63, 3.8) is 0 Å². The van der Waals surface area contributed by atoms with E-state index in [2.05, 4.69) is 26.0 Å². The van der Waals surface area contributed by atoms with E-state index in [4.69, 9.17) is 4.74 Å². The first-order valence-electron chi connectivity index (χ1n) is 10.9. The van der Waals surface area contributed by atoms with Gasteiger partial charge in [-0.25, -0.2) is 5.01 Å². The quantitative estimate of drug-likeness (QED) is 0.380. The number of hydrazone groups is 1. The van der Waals surface area contributed by atoms with Crippen molar-refractivity contribution >= 4 is 38.5 Å². The molecule has 1 aromatic heterocycles. The highest BCUT2D eigenvalue weighted by Crippen LogP contribution is 2.39. The van der Waals surface area contributed by atoms with E-state index in [1.807, 2.05) is 72.8 Å². The van der Waals surface area contributed by atoms with E-state index in [0.29, 0.717) is 23.4 Å². The Labute approximate surface area is 205 Å². The van der Waals surface area contributed by atoms with Crippen molar-refractivity contribution in [3.8, 4) is 16.9 Å². The summed E-state index contributed by atoms with van der Waals surface area (Å²) in [6, 6.07) is 22.8. The molecular weight excluding hydrogens is 494 g/mol. The Balaban J connectivity index is 1.75. The number of aromatic amines is 1. The second kappa shape index (κ2) is 8.91. The van der Waals surface area contributed by atoms with E-state index in [1.165, 1.54) is 11.9 Å². The van der Waals surface area contributed by atoms with Gasteiger partial charge in [0.2, 0.25) is 5.91 Å². The topological polar surface area (TPSA) is 74.8 Å². The molecule has 0 aliphatic carbocycles. The summed E-state index contributed by atoms with van der Waals surface area (Å²) in [5.41, 5.74) is 4.08. The van der Waals surface area contributed by atoms with Gasteiger partial charge in [0.15, 0.2) is 0 Å². The predicted molar refractivity (Wildman–Crippen MR) is 137 cm³/mol. The van der Waals surface area contributed by atoms with Gasteiger partial charge >= 0.3 is 0 Å². The highest BCUT2D eigenvalue weighted by molar-refractivity contribution is 9.10. The smallest absolute Gasteiger partial charge is 0.258 e. The van der Waals surface area contributed by atoms with E-state index in [1.54, 1.807) is 7.11 Å². The first kappa shape index (κ1) is 22.1. The minimum atomic E-state index is -0.370. The van der Waals surface area contributed by atoms with Gasteiger partial charge in [0.05, 0.1) is 24.4 Å². The van der Waals surface area contributed by atoms with Gasteiger partial charge in [-0.05, 0) is 29.8 Å². The van der Waals surface area contributed by atoms with Crippen molar-refractivity contribution in [2.75, 3.05) is 7.11 Å². The van der Waals surface area contributed by atoms with Crippen LogP contribution >= 0.6 is 15.9 Å². The molecule has 7 heteroatoms. The lowest BCUT2D eigenvalue weighted by atomic mass is 9.91. The zero-order valence-electron chi connectivity index (χ0n) is 18.7. The van der Waals surface area contributed by atoms with Crippen LogP contribution in [0.4, 0.5) is 0 Å². The number of nitrogens with zero attached hydrogens (tertiary/aromatic N) is 2. The van der Waals surface area contributed by atoms with Crippen LogP contribution in [0.15, 0.2) is 87.2 Å². The lowest BCUT2D eigenvalue weighted by Crippen LogP contribution is -2.24. The van der Waals surface area contributed by atoms with Crippen molar-refractivity contribution in [2.24, 2.45) is 5.10 Å². The van der Waals surface area contributed by atoms with Crippen molar-refractivity contribution in [1.82, 2.24) is 9.99 Å². The average Bonchev–Trinajstić information content (AvgIpc) is 3.29. The van der Waals surface area contributed by atoms with Crippen molar-refractivity contribution < 1.29 is 9.53 Å². The van der Waals surface area contributed by atoms with Crippen molar-refractivity contribution in [3.05, 3.63) is 98.7 Å². The van der Waals surface area contributed by atoms with E-state index < -0.39 is 0 Å². The Bertz CT molecular complexity index is 1490. The van der Waals surface area contributed by atoms with Gasteiger partial charge in [0, 0.05) is 39.8 Å². The molecule has 1 N–H and O–H groups in total. The number of carbonyl (C=O) groups excluding carboxylic acids is 1. The molecule has 5 rings (SSSR count). The lowest BCUT2D eigenvalue weighted by molar-refractivity contribution is -0.130. The number of amides is 1. The maximum Gasteiger partial charge on any atom is 0.258 e. The second-order valence-corrected chi connectivity index (χ2v) is 9.05. The van der Waals surface area contributed by atoms with Gasteiger partial charge in [0.25, 0.3) is 5.56 Å². The van der Waals surface area contributed by atoms with Crippen LogP contribution in [-0.2, 0) is 4.79 Å². The third kappa shape index (κ3) is 3.82. The number of ether oxygens (including phenoxy) is 1. The number of hydrogen-bond donors (Lipinski definition) is 1. The van der Waals surface area contributed by atoms with E-state index in [-0.39, 0.29) is 17.5 Å². The fourth-order valence-corrected chi connectivity index (χ4v) is 4.94. The number of para-hydroxylation sites is 1. The molecule has 0 bridgehead atoms. The summed E-state index contributed by atoms with van der Waals surface area (Å²) < 4.78 is 6.46. The molecule has 1 aliphatic rings. The van der Waals surface area contributed by atoms with Crippen LogP contribution in [0.5, 0.6) is 5.75 Å². The summed E-state index contributed by atoms with van der Waals surface area (Å²) in [6.45, 7) is 1.48. The van der Waals surface area contributed by atoms with Crippen LogP contribution in [0, 0.1) is 0 Å². The van der Waals surface area contributed by atoms with Crippen LogP contribution < -0.4 is 10.3 Å². The third-order valence-electron chi connectivity index (χ3n) is 6.06. The predicted octanol–water partition coefficient (Wildman–Crippen LogP) is 5.66. The second-order valence-electron chi connectivity index (χ2n) is 8.13. The Kier molecular flexibility index (Phi) is 5.79. The molecule has 0 radical (unpaired) electrons. The number of rotatable bonds is 4. The first-order valence-corrected chi connectivity index (χ1v) is 11.7. The number of H-pyrrole nitrogens is 1. The minimum Gasteiger partial charge on any atom is -0.496 e. The molecule has 2 heterocycles. The summed E-state index contributed by atoms with van der Waals surface area (Å²) >= 11 is 3.56. The minimum absolute atomic E-state index is 0.202. The van der Waals surface area contributed by atoms with Gasteiger partial charge in [-0.15, -0.1) is 0 Å². The Morgan fingerprint density at radius 3 is 2.53 bits per heavy atom. The Hall–Kier alpha value is -3.71. The first-order chi connectivity index (χ1) is 16.5. The number of carbonyl (C=O) groups is 1. The molecular formula is C27H22BrN3O3. The standard InChI is InChI=1S/C27H22BrN3O3/c1-16(32)31-23(19-10-6-7-11-24(19)34-2)15-22(30-31)26-25(17-8-4-3-5-9-17)20-14-18(28)12-13-21(20)29-27(26)33/h3-14,23H,15H2,1-2H3,(H,29,33)/t23-/m0/s1. The number of benzene rings is 3. The molecule has 1 atom stereocenters. The number of hydrogen-bond acceptors (Lipinski definition) is 4. The zero-order chi connectivity index (χ0) is 23.8. The van der Waals surface area contributed by atoms with Gasteiger partial charge in [0.1, 0.15) is 5.75 Å². The summed E-state index contributed by atoms with van der Waals surface area (Å²) in [4.78, 5) is 29.1. The average molecular weight is 516 g/mol. The summed E-state index contributed by atoms with van der Waals surface area (Å²) in [7, 11) is 1.60. The molecule has 0 saturated heterocycles. The Morgan fingerprint density at radius 1 is 1.06 bits per heavy atom. The molecule has 1 amide bonds. The highest BCUT2D eigenvalue weighted by atomic mass is 79.9. The number of pyridine rings is 1. The van der Waals surface area contributed by atoms with Crippen molar-refractivity contribution in [2.45, 2.75) is 19.4 Å². The fourth-order valence-electron chi connectivity index (χ4n) is 4.58. The number of nitrogens with one attached hydrogen (secondary N) is 1. The van der Waals surface area contributed by atoms with E-state index >= 15 is 0 Å². The fraction of sp³-hybridized carbons (Fsp3) is 0.148. The van der Waals surface area contributed by atoms with Crippen LogP contribution in [0.3, 0.4) is 0 Å². The molecule has 170 valence electrons. The molecule has 0 spiro atoms. The molecule has 6 nitrogen and oxygen atoms in total. The van der Waals surface area contributed by atoms with Crippen LogP contribution in [0.25, 0.3) is 22.0 Å². The van der Waals surface area contributed by atoms with E-state index in [0.717, 1.165) is 32.1 Å². The molecule has 4 aromatic rings. The van der Waals surface area contributed by atoms with Crippen LogP contribution in [0.2, 0.25) is 0 Å². The van der Waals surface area contributed by atoms with Gasteiger partial charge in [-0.2, -0.15) is 5.10 Å². The number of fused-ring (bicyclic) bond motifs is 1. The van der Waals surface area contributed by atoms with E-state index in [9.17, 15) is 9.59 Å². The number of halogens is 1. The zero-order valence-corrected chi connectivity index (χ0v) is 20.3. The molecule has 0 saturated carbocycles. The maximum absolute atomic E-state index is 13.5. The number of methoxy groups -OCH3 is 1. The third-order valence-corrected chi connectivity index (χ3v) is 6.55. The lowest BCUT2D eigenvalue weighted by Gasteiger charge is -2.22. The van der Waals surface area contributed by atoms with Gasteiger partial charge in [-0.3, -0.25) is 9.59 Å². The molecule has 0 fully saturated rings. The van der Waals surface area contributed by atoms with Crippen molar-refractivity contribution in [1.29, 1.82) is 0 Å². The maximum atomic E-state index is 13.5. The van der Waals surface area contributed by atoms with Gasteiger partial charge in [-0.1, -0.05) is 64.5 Å². The van der Waals surface area contributed by atoms with Crippen LogP contribution in [0.1, 0.15) is 30.5 Å². The van der Waals surface area contributed by atoms with Gasteiger partial charge < -0.3 is 9.72 Å². The summed E-state index contributed by atoms with van der Waals surface area (Å²) in [6.07, 6.45) is 0.391. The highest BCUT2D eigenvalue weighted by Gasteiger charge is 2.35. The summed E-state index contributed by atoms with van der Waals surface area (Å²) in [5, 5.41) is 7.03.